The lowest BCUT2D eigenvalue weighted by atomic mass is 10.3. The fourth-order valence-corrected chi connectivity index (χ4v) is 1.44. The Morgan fingerprint density at radius 1 is 0.824 bits per heavy atom. The summed E-state index contributed by atoms with van der Waals surface area (Å²) in [6.45, 7) is 1.39. The number of hydrogen-bond donors (Lipinski definition) is 2. The number of rotatable bonds is 7. The van der Waals surface area contributed by atoms with Gasteiger partial charge in [0.25, 0.3) is 0 Å². The summed E-state index contributed by atoms with van der Waals surface area (Å²) in [5.41, 5.74) is 0. The van der Waals surface area contributed by atoms with Gasteiger partial charge in [0.2, 0.25) is 24.2 Å². The molecule has 0 aromatic carbocycles. The molecule has 4 rings (SSSR count). The van der Waals surface area contributed by atoms with Gasteiger partial charge in [0, 0.05) is 13.2 Å². The highest BCUT2D eigenvalue weighted by molar-refractivity contribution is 5.05. The van der Waals surface area contributed by atoms with E-state index < -0.39 is 0 Å². The van der Waals surface area contributed by atoms with Crippen LogP contribution in [0, 0.1) is 0 Å². The van der Waals surface area contributed by atoms with Crippen molar-refractivity contribution in [1.82, 2.24) is 0 Å². The first-order chi connectivity index (χ1) is 8.25. The van der Waals surface area contributed by atoms with Gasteiger partial charge in [0.05, 0.1) is 0 Å². The van der Waals surface area contributed by atoms with Crippen LogP contribution in [0.2, 0.25) is 0 Å². The van der Waals surface area contributed by atoms with E-state index in [4.69, 9.17) is 33.9 Å². The normalized spacial score (nSPS) is 46.2. The molecule has 17 heavy (non-hydrogen) atoms. The molecule has 4 saturated heterocycles. The second-order valence-electron chi connectivity index (χ2n) is 4.41. The quantitative estimate of drug-likeness (QED) is 0.436. The van der Waals surface area contributed by atoms with E-state index in [0.29, 0.717) is 13.2 Å². The third-order valence-electron chi connectivity index (χ3n) is 2.89. The number of aliphatic hydroxyl groups is 2. The maximum Gasteiger partial charge on any atom is 0.249 e. The number of fused-ring (bicyclic) bond motifs is 2. The average molecular weight is 248 g/mol. The highest BCUT2D eigenvalue weighted by Crippen LogP contribution is 2.58. The van der Waals surface area contributed by atoms with Gasteiger partial charge in [-0.25, -0.2) is 0 Å². The molecule has 0 atom stereocenters. The minimum Gasteiger partial charge on any atom is -0.396 e. The summed E-state index contributed by atoms with van der Waals surface area (Å²) in [6.07, 6.45) is 1.49. The van der Waals surface area contributed by atoms with Gasteiger partial charge in [-0.3, -0.25) is 0 Å². The lowest BCUT2D eigenvalue weighted by Crippen LogP contribution is -2.16. The number of ether oxygens (including phenoxy) is 5. The van der Waals surface area contributed by atoms with E-state index in [2.05, 4.69) is 0 Å². The topological polar surface area (TPSA) is 99.8 Å². The molecule has 0 bridgehead atoms. The Kier molecular flexibility index (Phi) is 2.86. The van der Waals surface area contributed by atoms with Crippen LogP contribution < -0.4 is 0 Å². The molecule has 0 amide bonds. The molecule has 0 saturated carbocycles. The van der Waals surface area contributed by atoms with Crippen molar-refractivity contribution in [2.75, 3.05) is 26.4 Å². The van der Waals surface area contributed by atoms with Gasteiger partial charge in [0.1, 0.15) is 13.2 Å². The smallest absolute Gasteiger partial charge is 0.249 e. The number of hydrogen-bond acceptors (Lipinski definition) is 7. The summed E-state index contributed by atoms with van der Waals surface area (Å²) in [6, 6.07) is 0. The van der Waals surface area contributed by atoms with E-state index in [1.165, 1.54) is 0 Å². The third-order valence-corrected chi connectivity index (χ3v) is 2.89. The van der Waals surface area contributed by atoms with Crippen LogP contribution in [0.15, 0.2) is 0 Å². The first-order valence-electron chi connectivity index (χ1n) is 5.75. The molecule has 0 aromatic heterocycles. The molecule has 7 heteroatoms. The summed E-state index contributed by atoms with van der Waals surface area (Å²) in [5.74, 6) is -0.703. The Labute approximate surface area is 98.2 Å². The van der Waals surface area contributed by atoms with Gasteiger partial charge >= 0.3 is 0 Å². The maximum atomic E-state index is 8.09. The second kappa shape index (κ2) is 4.13. The van der Waals surface area contributed by atoms with Crippen LogP contribution in [0.3, 0.4) is 0 Å². The standard InChI is InChI=1S/C6H6O5.C4H10O2/c1(5-3(8-5)9-5)7-2-6-4(10-6)11-6;5-3-1-2-4-6/h3-4H,1-2H2;5-6H,1-4H2. The Bertz CT molecular complexity index is 254. The molecule has 0 aromatic rings. The van der Waals surface area contributed by atoms with Crippen molar-refractivity contribution in [3.63, 3.8) is 0 Å². The van der Waals surface area contributed by atoms with Crippen molar-refractivity contribution >= 4 is 0 Å². The highest BCUT2D eigenvalue weighted by Gasteiger charge is 2.80. The SMILES string of the molecule is C(OCC12OC1O2)C12OC1O2.OCCCCO. The minimum absolute atomic E-state index is 0.0241. The first-order valence-corrected chi connectivity index (χ1v) is 5.75. The van der Waals surface area contributed by atoms with Gasteiger partial charge < -0.3 is 33.9 Å². The Hall–Kier alpha value is -0.280. The monoisotopic (exact) mass is 248 g/mol. The molecule has 2 N–H and O–H groups in total. The summed E-state index contributed by atoms with van der Waals surface area (Å²) in [4.78, 5) is 0. The molecule has 7 nitrogen and oxygen atoms in total. The molecular formula is C10H16O7. The largest absolute Gasteiger partial charge is 0.396 e. The zero-order valence-corrected chi connectivity index (χ0v) is 9.33. The zero-order chi connectivity index (χ0) is 11.9. The van der Waals surface area contributed by atoms with Crippen molar-refractivity contribution in [1.29, 1.82) is 0 Å². The van der Waals surface area contributed by atoms with Crippen LogP contribution in [0.25, 0.3) is 0 Å². The van der Waals surface area contributed by atoms with Crippen LogP contribution >= 0.6 is 0 Å². The number of aliphatic hydroxyl groups excluding tert-OH is 2. The lowest BCUT2D eigenvalue weighted by Gasteiger charge is -2.02. The predicted molar refractivity (Wildman–Crippen MR) is 51.6 cm³/mol. The summed E-state index contributed by atoms with van der Waals surface area (Å²) >= 11 is 0. The Morgan fingerprint density at radius 2 is 1.18 bits per heavy atom. The minimum atomic E-state index is -0.351. The maximum absolute atomic E-state index is 8.09. The molecule has 4 fully saturated rings. The number of unbranched alkanes of at least 4 members (excludes halogenated alkanes) is 1. The van der Waals surface area contributed by atoms with Gasteiger partial charge in [0.15, 0.2) is 0 Å². The molecule has 0 radical (unpaired) electrons. The van der Waals surface area contributed by atoms with Crippen molar-refractivity contribution in [2.45, 2.75) is 37.0 Å². The zero-order valence-electron chi connectivity index (χ0n) is 9.33. The van der Waals surface area contributed by atoms with Gasteiger partial charge in [-0.05, 0) is 12.8 Å². The molecule has 4 aliphatic rings. The van der Waals surface area contributed by atoms with E-state index in [0.717, 1.165) is 12.8 Å². The molecule has 98 valence electrons. The predicted octanol–water partition coefficient (Wildman–Crippen LogP) is -1.08. The summed E-state index contributed by atoms with van der Waals surface area (Å²) in [7, 11) is 0. The van der Waals surface area contributed by atoms with Crippen LogP contribution in [0.5, 0.6) is 0 Å². The fourth-order valence-electron chi connectivity index (χ4n) is 1.44. The lowest BCUT2D eigenvalue weighted by molar-refractivity contribution is -0.119. The Morgan fingerprint density at radius 3 is 1.41 bits per heavy atom. The van der Waals surface area contributed by atoms with Gasteiger partial charge in [-0.2, -0.15) is 0 Å². The molecule has 0 unspecified atom stereocenters. The van der Waals surface area contributed by atoms with Crippen molar-refractivity contribution < 1.29 is 33.9 Å². The highest BCUT2D eigenvalue weighted by atomic mass is 17.0. The number of epoxide rings is 4. The first kappa shape index (κ1) is 11.8. The summed E-state index contributed by atoms with van der Waals surface area (Å²) in [5, 5.41) is 16.2. The molecule has 0 aliphatic carbocycles. The van der Waals surface area contributed by atoms with Gasteiger partial charge in [-0.15, -0.1) is 0 Å². The van der Waals surface area contributed by atoms with Crippen molar-refractivity contribution in [2.24, 2.45) is 0 Å². The van der Waals surface area contributed by atoms with E-state index in [1.807, 2.05) is 0 Å². The molecule has 4 heterocycles. The third kappa shape index (κ3) is 2.45. The molecule has 4 aliphatic heterocycles. The van der Waals surface area contributed by atoms with Crippen LogP contribution in [0.1, 0.15) is 12.8 Å². The van der Waals surface area contributed by atoms with Crippen LogP contribution in [-0.4, -0.2) is 60.8 Å². The van der Waals surface area contributed by atoms with Crippen molar-refractivity contribution in [3.8, 4) is 0 Å². The van der Waals surface area contributed by atoms with Crippen molar-refractivity contribution in [3.05, 3.63) is 0 Å². The van der Waals surface area contributed by atoms with E-state index in [1.54, 1.807) is 0 Å². The summed E-state index contributed by atoms with van der Waals surface area (Å²) < 4.78 is 25.3. The second-order valence-corrected chi connectivity index (χ2v) is 4.41. The van der Waals surface area contributed by atoms with E-state index >= 15 is 0 Å². The Balaban J connectivity index is 0.000000132. The van der Waals surface area contributed by atoms with Gasteiger partial charge in [-0.1, -0.05) is 0 Å². The molecule has 0 spiro atoms. The van der Waals surface area contributed by atoms with E-state index in [9.17, 15) is 0 Å². The van der Waals surface area contributed by atoms with Crippen LogP contribution in [-0.2, 0) is 23.7 Å². The fraction of sp³-hybridized carbons (Fsp3) is 1.00. The average Bonchev–Trinajstić information content (AvgIpc) is 3.02. The van der Waals surface area contributed by atoms with Crippen LogP contribution in [0.4, 0.5) is 0 Å². The van der Waals surface area contributed by atoms with E-state index in [-0.39, 0.29) is 37.4 Å². The molecular weight excluding hydrogens is 232 g/mol.